The molecule has 1 rings (SSSR count). The number of methoxy groups -OCH3 is 1. The van der Waals surface area contributed by atoms with Gasteiger partial charge in [0.25, 0.3) is 0 Å². The normalized spacial score (nSPS) is 11.6. The maximum atomic E-state index is 11.9. The van der Waals surface area contributed by atoms with E-state index < -0.39 is 11.9 Å². The van der Waals surface area contributed by atoms with Crippen LogP contribution in [0.1, 0.15) is 12.5 Å². The second-order valence-electron chi connectivity index (χ2n) is 4.73. The summed E-state index contributed by atoms with van der Waals surface area (Å²) in [6, 6.07) is 4.79. The second-order valence-corrected chi connectivity index (χ2v) is 5.17. The van der Waals surface area contributed by atoms with Crippen molar-refractivity contribution in [1.29, 1.82) is 0 Å². The number of carbonyl (C=O) groups is 2. The van der Waals surface area contributed by atoms with E-state index in [4.69, 9.17) is 21.4 Å². The van der Waals surface area contributed by atoms with Crippen molar-refractivity contribution in [2.24, 2.45) is 5.92 Å². The molecular weight excluding hydrogens is 296 g/mol. The molecule has 0 saturated heterocycles. The first-order valence-electron chi connectivity index (χ1n) is 6.39. The topological polar surface area (TPSA) is 78.9 Å². The number of carboxylic acid groups (broad SMARTS) is 1. The minimum absolute atomic E-state index is 0.138. The van der Waals surface area contributed by atoms with Crippen molar-refractivity contribution in [3.8, 4) is 5.75 Å². The van der Waals surface area contributed by atoms with Crippen LogP contribution in [0.15, 0.2) is 18.2 Å². The lowest BCUT2D eigenvalue weighted by atomic mass is 10.2. The zero-order valence-electron chi connectivity index (χ0n) is 12.2. The number of carbonyl (C=O) groups excluding carboxylic acids is 1. The fraction of sp³-hybridized carbons (Fsp3) is 0.429. The third kappa shape index (κ3) is 5.15. The predicted molar refractivity (Wildman–Crippen MR) is 79.7 cm³/mol. The van der Waals surface area contributed by atoms with Gasteiger partial charge in [-0.15, -0.1) is 0 Å². The van der Waals surface area contributed by atoms with Gasteiger partial charge in [-0.1, -0.05) is 24.6 Å². The Morgan fingerprint density at radius 2 is 2.14 bits per heavy atom. The number of hydrogen-bond acceptors (Lipinski definition) is 3. The van der Waals surface area contributed by atoms with E-state index in [0.29, 0.717) is 10.8 Å². The van der Waals surface area contributed by atoms with Crippen LogP contribution in [0.25, 0.3) is 0 Å². The number of carboxylic acids is 1. The summed E-state index contributed by atoms with van der Waals surface area (Å²) in [6.45, 7) is 1.96. The summed E-state index contributed by atoms with van der Waals surface area (Å²) < 4.78 is 5.19. The first-order chi connectivity index (χ1) is 9.85. The minimum atomic E-state index is -0.936. The van der Waals surface area contributed by atoms with Gasteiger partial charge in [0.1, 0.15) is 5.75 Å². The van der Waals surface area contributed by atoms with Gasteiger partial charge in [-0.3, -0.25) is 4.79 Å². The number of halogens is 1. The van der Waals surface area contributed by atoms with Crippen molar-refractivity contribution in [2.45, 2.75) is 13.5 Å². The molecule has 2 amide bonds. The molecule has 1 atom stereocenters. The molecule has 0 bridgehead atoms. The summed E-state index contributed by atoms with van der Waals surface area (Å²) in [5.41, 5.74) is 0.787. The average Bonchev–Trinajstić information content (AvgIpc) is 2.44. The van der Waals surface area contributed by atoms with Gasteiger partial charge in [0.2, 0.25) is 0 Å². The van der Waals surface area contributed by atoms with Crippen molar-refractivity contribution in [3.63, 3.8) is 0 Å². The maximum absolute atomic E-state index is 11.9. The van der Waals surface area contributed by atoms with Crippen LogP contribution in [0.2, 0.25) is 5.02 Å². The molecule has 7 heteroatoms. The van der Waals surface area contributed by atoms with Crippen molar-refractivity contribution < 1.29 is 19.4 Å². The third-order valence-electron chi connectivity index (χ3n) is 3.00. The number of rotatable bonds is 6. The molecule has 0 aliphatic carbocycles. The van der Waals surface area contributed by atoms with Crippen LogP contribution in [-0.2, 0) is 11.3 Å². The highest BCUT2D eigenvalue weighted by atomic mass is 35.5. The predicted octanol–water partition coefficient (Wildman–Crippen LogP) is 2.21. The highest BCUT2D eigenvalue weighted by Crippen LogP contribution is 2.22. The number of nitrogens with one attached hydrogen (secondary N) is 1. The number of nitrogens with zero attached hydrogens (tertiary/aromatic N) is 1. The largest absolute Gasteiger partial charge is 0.496 e. The third-order valence-corrected chi connectivity index (χ3v) is 3.23. The number of ether oxygens (including phenoxy) is 1. The van der Waals surface area contributed by atoms with Crippen LogP contribution in [0.3, 0.4) is 0 Å². The van der Waals surface area contributed by atoms with E-state index in [1.165, 1.54) is 12.0 Å². The summed E-state index contributed by atoms with van der Waals surface area (Å²) in [5.74, 6) is -0.968. The summed E-state index contributed by atoms with van der Waals surface area (Å²) >= 11 is 5.86. The Hall–Kier alpha value is -1.95. The zero-order chi connectivity index (χ0) is 16.0. The highest BCUT2D eigenvalue weighted by Gasteiger charge is 2.17. The fourth-order valence-electron chi connectivity index (χ4n) is 1.74. The molecule has 1 aromatic carbocycles. The molecular formula is C14H19ClN2O4. The summed E-state index contributed by atoms with van der Waals surface area (Å²) in [6.07, 6.45) is 0. The van der Waals surface area contributed by atoms with E-state index >= 15 is 0 Å². The Balaban J connectivity index is 2.58. The molecule has 0 radical (unpaired) electrons. The van der Waals surface area contributed by atoms with Crippen LogP contribution >= 0.6 is 11.6 Å². The Morgan fingerprint density at radius 3 is 2.71 bits per heavy atom. The van der Waals surface area contributed by atoms with E-state index in [2.05, 4.69) is 5.32 Å². The number of benzene rings is 1. The molecule has 116 valence electrons. The summed E-state index contributed by atoms with van der Waals surface area (Å²) in [4.78, 5) is 24.0. The molecule has 0 fully saturated rings. The van der Waals surface area contributed by atoms with Gasteiger partial charge in [0.15, 0.2) is 0 Å². The summed E-state index contributed by atoms with van der Waals surface area (Å²) in [5, 5.41) is 12.1. The van der Waals surface area contributed by atoms with Crippen LogP contribution < -0.4 is 10.1 Å². The second kappa shape index (κ2) is 7.73. The van der Waals surface area contributed by atoms with Crippen molar-refractivity contribution in [3.05, 3.63) is 28.8 Å². The zero-order valence-corrected chi connectivity index (χ0v) is 13.0. The van der Waals surface area contributed by atoms with Crippen LogP contribution in [0, 0.1) is 5.92 Å². The lowest BCUT2D eigenvalue weighted by molar-refractivity contribution is -0.141. The molecule has 0 spiro atoms. The average molecular weight is 315 g/mol. The standard InChI is InChI=1S/C14H19ClN2O4/c1-9(13(18)19)8-17(2)14(20)16-7-10-4-5-11(15)6-12(10)21-3/h4-6,9H,7-8H2,1-3H3,(H,16,20)(H,18,19). The lowest BCUT2D eigenvalue weighted by Crippen LogP contribution is -2.40. The molecule has 1 aromatic rings. The smallest absolute Gasteiger partial charge is 0.317 e. The van der Waals surface area contributed by atoms with Gasteiger partial charge < -0.3 is 20.1 Å². The van der Waals surface area contributed by atoms with Crippen LogP contribution in [-0.4, -0.2) is 42.7 Å². The Bertz CT molecular complexity index is 522. The number of aliphatic carboxylic acids is 1. The molecule has 2 N–H and O–H groups in total. The summed E-state index contributed by atoms with van der Waals surface area (Å²) in [7, 11) is 3.07. The molecule has 0 heterocycles. The van der Waals surface area contributed by atoms with Gasteiger partial charge in [-0.2, -0.15) is 0 Å². The maximum Gasteiger partial charge on any atom is 0.317 e. The Morgan fingerprint density at radius 1 is 1.48 bits per heavy atom. The van der Waals surface area contributed by atoms with Gasteiger partial charge in [0, 0.05) is 30.7 Å². The van der Waals surface area contributed by atoms with E-state index in [-0.39, 0.29) is 19.1 Å². The van der Waals surface area contributed by atoms with Gasteiger partial charge in [-0.25, -0.2) is 4.79 Å². The molecule has 0 aliphatic rings. The molecule has 1 unspecified atom stereocenters. The first kappa shape index (κ1) is 17.1. The molecule has 0 aliphatic heterocycles. The van der Waals surface area contributed by atoms with E-state index in [9.17, 15) is 9.59 Å². The molecule has 6 nitrogen and oxygen atoms in total. The number of urea groups is 1. The number of hydrogen-bond donors (Lipinski definition) is 2. The highest BCUT2D eigenvalue weighted by molar-refractivity contribution is 6.30. The fourth-order valence-corrected chi connectivity index (χ4v) is 1.90. The van der Waals surface area contributed by atoms with Crippen LogP contribution in [0.4, 0.5) is 4.79 Å². The van der Waals surface area contributed by atoms with Crippen molar-refractivity contribution in [1.82, 2.24) is 10.2 Å². The van der Waals surface area contributed by atoms with Crippen LogP contribution in [0.5, 0.6) is 5.75 Å². The van der Waals surface area contributed by atoms with Crippen molar-refractivity contribution >= 4 is 23.6 Å². The minimum Gasteiger partial charge on any atom is -0.496 e. The number of amides is 2. The van der Waals surface area contributed by atoms with E-state index in [0.717, 1.165) is 5.56 Å². The Kier molecular flexibility index (Phi) is 6.30. The molecule has 0 aromatic heterocycles. The van der Waals surface area contributed by atoms with Crippen molar-refractivity contribution in [2.75, 3.05) is 20.7 Å². The van der Waals surface area contributed by atoms with Gasteiger partial charge >= 0.3 is 12.0 Å². The molecule has 21 heavy (non-hydrogen) atoms. The van der Waals surface area contributed by atoms with Gasteiger partial charge in [-0.05, 0) is 12.1 Å². The van der Waals surface area contributed by atoms with E-state index in [1.807, 2.05) is 0 Å². The lowest BCUT2D eigenvalue weighted by Gasteiger charge is -2.20. The van der Waals surface area contributed by atoms with E-state index in [1.54, 1.807) is 32.2 Å². The quantitative estimate of drug-likeness (QED) is 0.844. The monoisotopic (exact) mass is 314 g/mol. The molecule has 0 saturated carbocycles. The Labute approximate surface area is 128 Å². The first-order valence-corrected chi connectivity index (χ1v) is 6.77. The SMILES string of the molecule is COc1cc(Cl)ccc1CNC(=O)N(C)CC(C)C(=O)O. The van der Waals surface area contributed by atoms with Gasteiger partial charge in [0.05, 0.1) is 13.0 Å².